The van der Waals surface area contributed by atoms with Crippen LogP contribution in [0.15, 0.2) is 42.9 Å². The summed E-state index contributed by atoms with van der Waals surface area (Å²) in [5.41, 5.74) is 2.52. The van der Waals surface area contributed by atoms with Crippen LogP contribution in [0.25, 0.3) is 16.9 Å². The Morgan fingerprint density at radius 3 is 2.72 bits per heavy atom. The number of rotatable bonds is 7. The lowest BCUT2D eigenvalue weighted by Crippen LogP contribution is -2.22. The van der Waals surface area contributed by atoms with Crippen molar-refractivity contribution in [3.05, 3.63) is 48.7 Å². The molecule has 0 unspecified atom stereocenters. The first-order valence-corrected chi connectivity index (χ1v) is 9.50. The minimum absolute atomic E-state index is 0.101. The standard InChI is InChI=1S/C20H24N8O/c1-13(2)16(29-4)12-19-26-25-18-11-14(7-10-28(18)19)15-5-8-21-20(23-15)24-17-6-9-22-27(17)3/h5-11,13,16H,12H2,1-4H3,(H,21,23,24)/t16-/m1/s1. The molecule has 4 aromatic heterocycles. The lowest BCUT2D eigenvalue weighted by Gasteiger charge is -2.17. The lowest BCUT2D eigenvalue weighted by atomic mass is 10.0. The summed E-state index contributed by atoms with van der Waals surface area (Å²) >= 11 is 0. The van der Waals surface area contributed by atoms with Crippen LogP contribution in [-0.2, 0) is 18.2 Å². The molecule has 4 aromatic rings. The number of aryl methyl sites for hydroxylation is 1. The zero-order valence-corrected chi connectivity index (χ0v) is 16.9. The van der Waals surface area contributed by atoms with E-state index in [9.17, 15) is 0 Å². The van der Waals surface area contributed by atoms with Crippen LogP contribution in [0, 0.1) is 5.92 Å². The van der Waals surface area contributed by atoms with E-state index in [1.54, 1.807) is 24.2 Å². The van der Waals surface area contributed by atoms with E-state index < -0.39 is 0 Å². The molecule has 9 heteroatoms. The molecule has 1 N–H and O–H groups in total. The zero-order valence-electron chi connectivity index (χ0n) is 16.9. The molecule has 4 rings (SSSR count). The van der Waals surface area contributed by atoms with Crippen molar-refractivity contribution >= 4 is 17.4 Å². The van der Waals surface area contributed by atoms with E-state index in [1.165, 1.54) is 0 Å². The van der Waals surface area contributed by atoms with Crippen molar-refractivity contribution in [2.45, 2.75) is 26.4 Å². The van der Waals surface area contributed by atoms with Gasteiger partial charge in [-0.15, -0.1) is 10.2 Å². The summed E-state index contributed by atoms with van der Waals surface area (Å²) in [6, 6.07) is 7.72. The van der Waals surface area contributed by atoms with Gasteiger partial charge >= 0.3 is 0 Å². The number of anilines is 2. The van der Waals surface area contributed by atoms with Crippen molar-refractivity contribution < 1.29 is 4.74 Å². The highest BCUT2D eigenvalue weighted by atomic mass is 16.5. The Morgan fingerprint density at radius 1 is 1.14 bits per heavy atom. The third-order valence-electron chi connectivity index (χ3n) is 4.92. The molecule has 0 spiro atoms. The quantitative estimate of drug-likeness (QED) is 0.517. The van der Waals surface area contributed by atoms with Gasteiger partial charge in [0.15, 0.2) is 5.65 Å². The lowest BCUT2D eigenvalue weighted by molar-refractivity contribution is 0.0636. The first-order chi connectivity index (χ1) is 14.0. The van der Waals surface area contributed by atoms with E-state index in [-0.39, 0.29) is 6.10 Å². The van der Waals surface area contributed by atoms with Gasteiger partial charge in [0, 0.05) is 44.6 Å². The second-order valence-electron chi connectivity index (χ2n) is 7.21. The zero-order chi connectivity index (χ0) is 20.4. The molecule has 0 aliphatic rings. The van der Waals surface area contributed by atoms with Gasteiger partial charge in [0.25, 0.3) is 0 Å². The molecule has 0 amide bonds. The Balaban J connectivity index is 1.60. The molecule has 0 aliphatic heterocycles. The predicted molar refractivity (Wildman–Crippen MR) is 110 cm³/mol. The van der Waals surface area contributed by atoms with Crippen LogP contribution in [0.3, 0.4) is 0 Å². The maximum atomic E-state index is 5.58. The smallest absolute Gasteiger partial charge is 0.228 e. The van der Waals surface area contributed by atoms with Gasteiger partial charge in [0.1, 0.15) is 11.6 Å². The number of fused-ring (bicyclic) bond motifs is 1. The molecule has 150 valence electrons. The van der Waals surface area contributed by atoms with E-state index in [0.29, 0.717) is 18.3 Å². The van der Waals surface area contributed by atoms with Crippen LogP contribution in [0.1, 0.15) is 19.7 Å². The van der Waals surface area contributed by atoms with Crippen LogP contribution >= 0.6 is 0 Å². The molecule has 0 aliphatic carbocycles. The summed E-state index contributed by atoms with van der Waals surface area (Å²) in [6.45, 7) is 4.28. The number of methoxy groups -OCH3 is 1. The van der Waals surface area contributed by atoms with Crippen molar-refractivity contribution in [1.29, 1.82) is 0 Å². The third kappa shape index (κ3) is 3.95. The highest BCUT2D eigenvalue weighted by Gasteiger charge is 2.17. The van der Waals surface area contributed by atoms with Crippen LogP contribution in [0.2, 0.25) is 0 Å². The van der Waals surface area contributed by atoms with E-state index in [1.807, 2.05) is 41.9 Å². The molecule has 1 atom stereocenters. The molecule has 0 saturated carbocycles. The predicted octanol–water partition coefficient (Wildman–Crippen LogP) is 2.88. The number of aromatic nitrogens is 7. The highest BCUT2D eigenvalue weighted by molar-refractivity contribution is 5.65. The van der Waals surface area contributed by atoms with Crippen molar-refractivity contribution in [2.24, 2.45) is 13.0 Å². The molecular formula is C20H24N8O. The van der Waals surface area contributed by atoms with E-state index >= 15 is 0 Å². The molecule has 0 aromatic carbocycles. The molecule has 0 radical (unpaired) electrons. The average Bonchev–Trinajstić information content (AvgIpc) is 3.31. The van der Waals surface area contributed by atoms with E-state index in [4.69, 9.17) is 4.74 Å². The number of hydrogen-bond acceptors (Lipinski definition) is 7. The van der Waals surface area contributed by atoms with Gasteiger partial charge < -0.3 is 10.1 Å². The maximum Gasteiger partial charge on any atom is 0.228 e. The number of nitrogens with zero attached hydrogens (tertiary/aromatic N) is 7. The van der Waals surface area contributed by atoms with Gasteiger partial charge in [-0.25, -0.2) is 9.97 Å². The van der Waals surface area contributed by atoms with Gasteiger partial charge in [-0.05, 0) is 24.1 Å². The summed E-state index contributed by atoms with van der Waals surface area (Å²) in [5.74, 6) is 2.61. The van der Waals surface area contributed by atoms with Gasteiger partial charge in [-0.3, -0.25) is 9.08 Å². The Labute approximate surface area is 168 Å². The Morgan fingerprint density at radius 2 is 2.00 bits per heavy atom. The summed E-state index contributed by atoms with van der Waals surface area (Å²) < 4.78 is 9.30. The fraction of sp³-hybridized carbons (Fsp3) is 0.350. The van der Waals surface area contributed by atoms with Gasteiger partial charge in [0.05, 0.1) is 18.0 Å². The fourth-order valence-electron chi connectivity index (χ4n) is 3.20. The molecule has 29 heavy (non-hydrogen) atoms. The highest BCUT2D eigenvalue weighted by Crippen LogP contribution is 2.21. The first-order valence-electron chi connectivity index (χ1n) is 9.50. The molecule has 0 fully saturated rings. The Bertz CT molecular complexity index is 1120. The first kappa shape index (κ1) is 19.0. The Kier molecular flexibility index (Phi) is 5.22. The van der Waals surface area contributed by atoms with Crippen molar-refractivity contribution in [2.75, 3.05) is 12.4 Å². The normalized spacial score (nSPS) is 12.6. The maximum absolute atomic E-state index is 5.58. The fourth-order valence-corrected chi connectivity index (χ4v) is 3.20. The van der Waals surface area contributed by atoms with Crippen molar-refractivity contribution in [3.8, 4) is 11.3 Å². The van der Waals surface area contributed by atoms with Crippen LogP contribution in [0.5, 0.6) is 0 Å². The third-order valence-corrected chi connectivity index (χ3v) is 4.92. The number of ether oxygens (including phenoxy) is 1. The molecule has 9 nitrogen and oxygen atoms in total. The molecule has 0 bridgehead atoms. The van der Waals surface area contributed by atoms with E-state index in [2.05, 4.69) is 44.4 Å². The van der Waals surface area contributed by atoms with Crippen molar-refractivity contribution in [1.82, 2.24) is 34.3 Å². The van der Waals surface area contributed by atoms with Crippen LogP contribution in [-0.4, -0.2) is 47.6 Å². The number of pyridine rings is 1. The minimum atomic E-state index is 0.101. The molecule has 4 heterocycles. The van der Waals surface area contributed by atoms with Crippen LogP contribution in [0.4, 0.5) is 11.8 Å². The monoisotopic (exact) mass is 392 g/mol. The van der Waals surface area contributed by atoms with Crippen molar-refractivity contribution in [3.63, 3.8) is 0 Å². The number of hydrogen-bond donors (Lipinski definition) is 1. The largest absolute Gasteiger partial charge is 0.381 e. The van der Waals surface area contributed by atoms with E-state index in [0.717, 1.165) is 28.5 Å². The average molecular weight is 392 g/mol. The van der Waals surface area contributed by atoms with Gasteiger partial charge in [0.2, 0.25) is 5.95 Å². The summed E-state index contributed by atoms with van der Waals surface area (Å²) in [4.78, 5) is 8.91. The summed E-state index contributed by atoms with van der Waals surface area (Å²) in [6.07, 6.45) is 6.23. The Hall–Kier alpha value is -3.33. The second kappa shape index (κ2) is 7.96. The summed E-state index contributed by atoms with van der Waals surface area (Å²) in [5, 5.41) is 16.0. The topological polar surface area (TPSA) is 95.0 Å². The summed E-state index contributed by atoms with van der Waals surface area (Å²) in [7, 11) is 3.59. The number of nitrogens with one attached hydrogen (secondary N) is 1. The van der Waals surface area contributed by atoms with Crippen LogP contribution < -0.4 is 5.32 Å². The second-order valence-corrected chi connectivity index (χ2v) is 7.21. The van der Waals surface area contributed by atoms with Gasteiger partial charge in [-0.2, -0.15) is 5.10 Å². The van der Waals surface area contributed by atoms with Gasteiger partial charge in [-0.1, -0.05) is 13.8 Å². The SMILES string of the molecule is CO[C@H](Cc1nnc2cc(-c3ccnc(Nc4ccnn4C)n3)ccn12)C(C)C. The minimum Gasteiger partial charge on any atom is -0.381 e. The molecular weight excluding hydrogens is 368 g/mol. The molecule has 0 saturated heterocycles.